The fourth-order valence-corrected chi connectivity index (χ4v) is 4.34. The average molecular weight is 288 g/mol. The molecule has 2 N–H and O–H groups in total. The lowest BCUT2D eigenvalue weighted by Gasteiger charge is -2.21. The normalized spacial score (nSPS) is 14.3. The van der Waals surface area contributed by atoms with Gasteiger partial charge < -0.3 is 5.73 Å². The Hall–Kier alpha value is -2.01. The first kappa shape index (κ1) is 13.0. The van der Waals surface area contributed by atoms with Gasteiger partial charge >= 0.3 is 0 Å². The fourth-order valence-electron chi connectivity index (χ4n) is 2.57. The summed E-state index contributed by atoms with van der Waals surface area (Å²) in [7, 11) is -3.55. The van der Waals surface area contributed by atoms with E-state index in [1.54, 1.807) is 19.1 Å². The second kappa shape index (κ2) is 4.52. The number of nitrogens with two attached hydrogens (primary N) is 1. The highest BCUT2D eigenvalue weighted by Crippen LogP contribution is 2.33. The van der Waals surface area contributed by atoms with Crippen LogP contribution in [-0.2, 0) is 16.4 Å². The molecule has 0 aromatic heterocycles. The topological polar surface area (TPSA) is 63.4 Å². The van der Waals surface area contributed by atoms with Crippen LogP contribution in [0.3, 0.4) is 0 Å². The Kier molecular flexibility index (Phi) is 2.94. The summed E-state index contributed by atoms with van der Waals surface area (Å²) in [6.07, 6.45) is 0.747. The molecule has 4 nitrogen and oxygen atoms in total. The molecule has 0 saturated heterocycles. The number of para-hydroxylation sites is 1. The quantitative estimate of drug-likeness (QED) is 0.863. The Labute approximate surface area is 118 Å². The van der Waals surface area contributed by atoms with Crippen LogP contribution < -0.4 is 10.0 Å². The van der Waals surface area contributed by atoms with Gasteiger partial charge in [-0.15, -0.1) is 0 Å². The molecule has 2 aromatic rings. The van der Waals surface area contributed by atoms with E-state index >= 15 is 0 Å². The fraction of sp³-hybridized carbons (Fsp3) is 0.200. The highest BCUT2D eigenvalue weighted by Gasteiger charge is 2.31. The zero-order valence-electron chi connectivity index (χ0n) is 11.2. The molecule has 2 aromatic carbocycles. The molecule has 20 heavy (non-hydrogen) atoms. The van der Waals surface area contributed by atoms with Crippen molar-refractivity contribution in [1.29, 1.82) is 0 Å². The van der Waals surface area contributed by atoms with Gasteiger partial charge in [0.05, 0.1) is 10.6 Å². The predicted molar refractivity (Wildman–Crippen MR) is 80.3 cm³/mol. The number of benzene rings is 2. The Bertz CT molecular complexity index is 769. The van der Waals surface area contributed by atoms with Gasteiger partial charge in [0, 0.05) is 12.2 Å². The number of rotatable bonds is 2. The van der Waals surface area contributed by atoms with Crippen LogP contribution >= 0.6 is 0 Å². The van der Waals surface area contributed by atoms with Crippen LogP contribution in [0.1, 0.15) is 11.1 Å². The average Bonchev–Trinajstić information content (AvgIpc) is 2.86. The molecule has 0 unspecified atom stereocenters. The summed E-state index contributed by atoms with van der Waals surface area (Å²) >= 11 is 0. The SMILES string of the molecule is Cc1ccc(N)cc1S(=O)(=O)N1CCc2ccccc21. The van der Waals surface area contributed by atoms with E-state index in [-0.39, 0.29) is 4.90 Å². The number of sulfonamides is 1. The minimum Gasteiger partial charge on any atom is -0.399 e. The lowest BCUT2D eigenvalue weighted by Crippen LogP contribution is -2.29. The molecule has 0 saturated carbocycles. The number of fused-ring (bicyclic) bond motifs is 1. The van der Waals surface area contributed by atoms with Crippen LogP contribution in [0.15, 0.2) is 47.4 Å². The molecule has 1 aliphatic rings. The number of anilines is 2. The Morgan fingerprint density at radius 1 is 1.15 bits per heavy atom. The van der Waals surface area contributed by atoms with Crippen molar-refractivity contribution in [1.82, 2.24) is 0 Å². The van der Waals surface area contributed by atoms with E-state index in [1.807, 2.05) is 24.3 Å². The van der Waals surface area contributed by atoms with Gasteiger partial charge in [-0.25, -0.2) is 8.42 Å². The molecular weight excluding hydrogens is 272 g/mol. The number of nitrogens with zero attached hydrogens (tertiary/aromatic N) is 1. The molecule has 0 bridgehead atoms. The number of hydrogen-bond donors (Lipinski definition) is 1. The van der Waals surface area contributed by atoms with Gasteiger partial charge in [-0.3, -0.25) is 4.31 Å². The van der Waals surface area contributed by atoms with Crippen LogP contribution in [0, 0.1) is 6.92 Å². The summed E-state index contributed by atoms with van der Waals surface area (Å²) in [6.45, 7) is 2.27. The molecule has 0 radical (unpaired) electrons. The number of aryl methyl sites for hydroxylation is 1. The first-order valence-electron chi connectivity index (χ1n) is 6.47. The van der Waals surface area contributed by atoms with Gasteiger partial charge in [-0.2, -0.15) is 0 Å². The standard InChI is InChI=1S/C15H16N2O2S/c1-11-6-7-13(16)10-15(11)20(18,19)17-9-8-12-4-2-3-5-14(12)17/h2-7,10H,8-9,16H2,1H3. The molecule has 1 aliphatic heterocycles. The Morgan fingerprint density at radius 2 is 1.90 bits per heavy atom. The monoisotopic (exact) mass is 288 g/mol. The van der Waals surface area contributed by atoms with Crippen molar-refractivity contribution in [2.24, 2.45) is 0 Å². The van der Waals surface area contributed by atoms with Crippen molar-refractivity contribution in [2.75, 3.05) is 16.6 Å². The summed E-state index contributed by atoms with van der Waals surface area (Å²) < 4.78 is 27.2. The van der Waals surface area contributed by atoms with Crippen molar-refractivity contribution in [3.63, 3.8) is 0 Å². The van der Waals surface area contributed by atoms with Gasteiger partial charge in [-0.1, -0.05) is 24.3 Å². The Balaban J connectivity index is 2.13. The predicted octanol–water partition coefficient (Wildman–Crippen LogP) is 2.33. The highest BCUT2D eigenvalue weighted by atomic mass is 32.2. The van der Waals surface area contributed by atoms with Crippen LogP contribution in [0.5, 0.6) is 0 Å². The summed E-state index contributed by atoms with van der Waals surface area (Å²) in [6, 6.07) is 12.6. The molecule has 0 fully saturated rings. The lowest BCUT2D eigenvalue weighted by atomic mass is 10.2. The van der Waals surface area contributed by atoms with E-state index < -0.39 is 10.0 Å². The van der Waals surface area contributed by atoms with E-state index in [2.05, 4.69) is 0 Å². The Morgan fingerprint density at radius 3 is 2.70 bits per heavy atom. The van der Waals surface area contributed by atoms with E-state index in [9.17, 15) is 8.42 Å². The molecule has 104 valence electrons. The molecule has 0 atom stereocenters. The first-order chi connectivity index (χ1) is 9.50. The number of hydrogen-bond acceptors (Lipinski definition) is 3. The zero-order valence-corrected chi connectivity index (χ0v) is 12.0. The van der Waals surface area contributed by atoms with Gasteiger partial charge in [0.25, 0.3) is 10.0 Å². The third kappa shape index (κ3) is 1.94. The van der Waals surface area contributed by atoms with Gasteiger partial charge in [0.2, 0.25) is 0 Å². The summed E-state index contributed by atoms with van der Waals surface area (Å²) in [5.41, 5.74) is 8.75. The smallest absolute Gasteiger partial charge is 0.264 e. The van der Waals surface area contributed by atoms with Crippen molar-refractivity contribution in [2.45, 2.75) is 18.2 Å². The van der Waals surface area contributed by atoms with Crippen molar-refractivity contribution in [3.8, 4) is 0 Å². The van der Waals surface area contributed by atoms with Crippen LogP contribution in [0.2, 0.25) is 0 Å². The van der Waals surface area contributed by atoms with Gasteiger partial charge in [0.1, 0.15) is 0 Å². The molecule has 0 amide bonds. The molecule has 0 spiro atoms. The second-order valence-electron chi connectivity index (χ2n) is 4.98. The number of nitrogen functional groups attached to an aromatic ring is 1. The lowest BCUT2D eigenvalue weighted by molar-refractivity contribution is 0.592. The van der Waals surface area contributed by atoms with Crippen LogP contribution in [-0.4, -0.2) is 15.0 Å². The first-order valence-corrected chi connectivity index (χ1v) is 7.91. The minimum atomic E-state index is -3.55. The van der Waals surface area contributed by atoms with E-state index in [0.717, 1.165) is 17.7 Å². The van der Waals surface area contributed by atoms with Crippen molar-refractivity contribution >= 4 is 21.4 Å². The molecule has 0 aliphatic carbocycles. The summed E-state index contributed by atoms with van der Waals surface area (Å²) in [5, 5.41) is 0. The molecule has 1 heterocycles. The van der Waals surface area contributed by atoms with Crippen molar-refractivity contribution < 1.29 is 8.42 Å². The maximum atomic E-state index is 12.8. The molecule has 5 heteroatoms. The van der Waals surface area contributed by atoms with Crippen LogP contribution in [0.25, 0.3) is 0 Å². The van der Waals surface area contributed by atoms with E-state index in [4.69, 9.17) is 5.73 Å². The zero-order chi connectivity index (χ0) is 14.3. The third-order valence-corrected chi connectivity index (χ3v) is 5.58. The maximum Gasteiger partial charge on any atom is 0.264 e. The largest absolute Gasteiger partial charge is 0.399 e. The van der Waals surface area contributed by atoms with Crippen LogP contribution in [0.4, 0.5) is 11.4 Å². The van der Waals surface area contributed by atoms with Gasteiger partial charge in [-0.05, 0) is 42.7 Å². The summed E-state index contributed by atoms with van der Waals surface area (Å²) in [5.74, 6) is 0. The van der Waals surface area contributed by atoms with Gasteiger partial charge in [0.15, 0.2) is 0 Å². The summed E-state index contributed by atoms with van der Waals surface area (Å²) in [4.78, 5) is 0.286. The highest BCUT2D eigenvalue weighted by molar-refractivity contribution is 7.93. The maximum absolute atomic E-state index is 12.8. The molecule has 3 rings (SSSR count). The molecular formula is C15H16N2O2S. The third-order valence-electron chi connectivity index (χ3n) is 3.62. The van der Waals surface area contributed by atoms with E-state index in [0.29, 0.717) is 17.8 Å². The van der Waals surface area contributed by atoms with E-state index in [1.165, 1.54) is 10.4 Å². The van der Waals surface area contributed by atoms with Crippen molar-refractivity contribution in [3.05, 3.63) is 53.6 Å². The second-order valence-corrected chi connectivity index (χ2v) is 6.81. The minimum absolute atomic E-state index is 0.286.